The van der Waals surface area contributed by atoms with Gasteiger partial charge in [-0.05, 0) is 0 Å². The summed E-state index contributed by atoms with van der Waals surface area (Å²) in [5, 5.41) is 0. The van der Waals surface area contributed by atoms with Gasteiger partial charge in [-0.25, -0.2) is 0 Å². The molecule has 0 rings (SSSR count). The second kappa shape index (κ2) is 28.3. The minimum absolute atomic E-state index is 0. The van der Waals surface area contributed by atoms with Crippen molar-refractivity contribution in [3.63, 3.8) is 0 Å². The molecule has 0 aliphatic heterocycles. The van der Waals surface area contributed by atoms with Gasteiger partial charge in [0.2, 0.25) is 0 Å². The summed E-state index contributed by atoms with van der Waals surface area (Å²) < 4.78 is 0. The first-order valence-electron chi connectivity index (χ1n) is 0. The fourth-order valence-electron chi connectivity index (χ4n) is 0. The van der Waals surface area contributed by atoms with Crippen LogP contribution in [-0.2, 0) is 80.8 Å². The quantitative estimate of drug-likeness (QED) is 0.546. The van der Waals surface area contributed by atoms with Gasteiger partial charge < -0.3 is 0 Å². The number of hydrogen-bond acceptors (Lipinski definition) is 0. The zero-order chi connectivity index (χ0) is 0. The maximum Gasteiger partial charge on any atom is 0 e. The van der Waals surface area contributed by atoms with Gasteiger partial charge in [0.05, 0.1) is 0 Å². The number of hydrogen-bond donors (Lipinski definition) is 0. The Labute approximate surface area is 96.1 Å². The van der Waals surface area contributed by atoms with E-state index in [1.165, 1.54) is 0 Å². The molecule has 0 aromatic heterocycles. The third-order valence-electron chi connectivity index (χ3n) is 0. The van der Waals surface area contributed by atoms with Gasteiger partial charge in [0.25, 0.3) is 0 Å². The van der Waals surface area contributed by atoms with E-state index in [9.17, 15) is 0 Å². The van der Waals surface area contributed by atoms with E-state index in [1.54, 1.807) is 0 Å². The monoisotopic (exact) mass is 374 g/mol. The molecule has 0 nitrogen and oxygen atoms in total. The van der Waals surface area contributed by atoms with Gasteiger partial charge >= 0.3 is 0 Å². The van der Waals surface area contributed by atoms with E-state index < -0.39 is 0 Å². The first-order chi connectivity index (χ1) is 0. The molecule has 0 saturated heterocycles. The van der Waals surface area contributed by atoms with Crippen molar-refractivity contribution in [2.75, 3.05) is 0 Å². The topological polar surface area (TPSA) is 0 Å². The third-order valence-corrected chi connectivity index (χ3v) is 0. The Hall–Kier alpha value is 2.95. The van der Waals surface area contributed by atoms with Crippen LogP contribution >= 0.6 is 12.4 Å². The van der Waals surface area contributed by atoms with E-state index in [2.05, 4.69) is 0 Å². The smallest absolute Gasteiger partial charge is 0 e. The summed E-state index contributed by atoms with van der Waals surface area (Å²) >= 11 is 0. The van der Waals surface area contributed by atoms with Crippen LogP contribution < -0.4 is 0 Å². The molecule has 0 N–H and O–H groups in total. The van der Waals surface area contributed by atoms with Gasteiger partial charge in [0.1, 0.15) is 0 Å². The summed E-state index contributed by atoms with van der Waals surface area (Å²) in [6.07, 6.45) is 0. The Morgan fingerprint density at radius 1 is 0.800 bits per heavy atom. The van der Waals surface area contributed by atoms with Crippen LogP contribution in [0, 0.1) is 0 Å². The van der Waals surface area contributed by atoms with Crippen molar-refractivity contribution in [1.82, 2.24) is 0 Å². The van der Waals surface area contributed by atoms with Crippen LogP contribution in [0.3, 0.4) is 0 Å². The fraction of sp³-hybridized carbons (Fsp3) is 0. The number of rotatable bonds is 0. The molecule has 0 atom stereocenters. The second-order valence-electron chi connectivity index (χ2n) is 0. The molecule has 0 aromatic rings. The Balaban J connectivity index is 0. The average molecular weight is 373 g/mol. The van der Waals surface area contributed by atoms with Crippen LogP contribution in [0.25, 0.3) is 0 Å². The molecule has 0 aromatic carbocycles. The summed E-state index contributed by atoms with van der Waals surface area (Å²) in [5.41, 5.74) is 0. The summed E-state index contributed by atoms with van der Waals surface area (Å²) in [7, 11) is 0. The second-order valence-corrected chi connectivity index (χ2v) is 0. The van der Waals surface area contributed by atoms with Crippen LogP contribution in [-0.4, -0.2) is 0 Å². The molecular formula is H2Cd2ClFZr. The summed E-state index contributed by atoms with van der Waals surface area (Å²) in [6, 6.07) is 0. The third kappa shape index (κ3) is 19.6. The molecule has 0 aliphatic rings. The van der Waals surface area contributed by atoms with Gasteiger partial charge in [-0.15, -0.1) is 12.4 Å². The molecule has 5 heteroatoms. The Bertz CT molecular complexity index is 9.61. The molecule has 0 heterocycles. The zero-order valence-corrected chi connectivity index (χ0v) is 14.1. The Kier molecular flexibility index (Phi) is 250. The first-order valence-corrected chi connectivity index (χ1v) is 0. The fourth-order valence-corrected chi connectivity index (χ4v) is 0. The van der Waals surface area contributed by atoms with Gasteiger partial charge in [-0.3, -0.25) is 4.70 Å². The molecule has 0 radical (unpaired) electrons. The molecule has 0 fully saturated rings. The van der Waals surface area contributed by atoms with Crippen molar-refractivity contribution < 1.29 is 85.5 Å². The van der Waals surface area contributed by atoms with Gasteiger partial charge in [0.15, 0.2) is 0 Å². The largest absolute Gasteiger partial charge is 0.269 e. The summed E-state index contributed by atoms with van der Waals surface area (Å²) in [4.78, 5) is 0. The van der Waals surface area contributed by atoms with Crippen LogP contribution in [0.1, 0.15) is 0 Å². The molecule has 5 heavy (non-hydrogen) atoms. The molecular weight excluding hydrogens is 370 g/mol. The van der Waals surface area contributed by atoms with E-state index in [0.717, 1.165) is 0 Å². The van der Waals surface area contributed by atoms with Crippen LogP contribution in [0.4, 0.5) is 4.70 Å². The van der Waals surface area contributed by atoms with Crippen molar-refractivity contribution in [1.29, 1.82) is 0 Å². The van der Waals surface area contributed by atoms with Gasteiger partial charge in [-0.2, -0.15) is 0 Å². The van der Waals surface area contributed by atoms with E-state index >= 15 is 0 Å². The minimum atomic E-state index is 0. The normalized spacial score (nSPS) is 0. The molecule has 0 spiro atoms. The van der Waals surface area contributed by atoms with Crippen molar-refractivity contribution >= 4 is 12.4 Å². The molecule has 0 unspecified atom stereocenters. The maximum absolute atomic E-state index is 0. The Morgan fingerprint density at radius 2 is 0.800 bits per heavy atom. The summed E-state index contributed by atoms with van der Waals surface area (Å²) in [5.74, 6) is 0. The standard InChI is InChI=1S/2Cd.ClH.FH.Zr/h;;2*1H;. The predicted molar refractivity (Wildman–Crippen MR) is 9.75 cm³/mol. The first kappa shape index (κ1) is 44.2. The SMILES string of the molecule is Cl.F.[Cd].[Cd].[Zr]. The Morgan fingerprint density at radius 3 is 0.800 bits per heavy atom. The van der Waals surface area contributed by atoms with E-state index in [1.807, 2.05) is 0 Å². The molecule has 0 amide bonds. The predicted octanol–water partition coefficient (Wildman–Crippen LogP) is 0.567. The van der Waals surface area contributed by atoms with E-state index in [0.29, 0.717) is 0 Å². The van der Waals surface area contributed by atoms with E-state index in [-0.39, 0.29) is 97.9 Å². The van der Waals surface area contributed by atoms with Gasteiger partial charge in [0, 0.05) is 80.8 Å². The zero-order valence-electron chi connectivity index (χ0n) is 2.73. The summed E-state index contributed by atoms with van der Waals surface area (Å²) in [6.45, 7) is 0. The van der Waals surface area contributed by atoms with E-state index in [4.69, 9.17) is 0 Å². The molecule has 24 valence electrons. The van der Waals surface area contributed by atoms with Crippen molar-refractivity contribution in [3.05, 3.63) is 0 Å². The van der Waals surface area contributed by atoms with Crippen LogP contribution in [0.2, 0.25) is 0 Å². The molecule has 0 saturated carbocycles. The van der Waals surface area contributed by atoms with Crippen molar-refractivity contribution in [2.45, 2.75) is 0 Å². The van der Waals surface area contributed by atoms with Crippen LogP contribution in [0.15, 0.2) is 0 Å². The minimum Gasteiger partial charge on any atom is -0.269 e. The maximum atomic E-state index is 0. The molecule has 0 aliphatic carbocycles. The van der Waals surface area contributed by atoms with Gasteiger partial charge in [-0.1, -0.05) is 0 Å². The van der Waals surface area contributed by atoms with Crippen molar-refractivity contribution in [2.24, 2.45) is 0 Å². The van der Waals surface area contributed by atoms with Crippen molar-refractivity contribution in [3.8, 4) is 0 Å². The van der Waals surface area contributed by atoms with Crippen LogP contribution in [0.5, 0.6) is 0 Å². The number of halogens is 2. The molecule has 0 bridgehead atoms. The average Bonchev–Trinajstić information content (AvgIpc) is 0.